The van der Waals surface area contributed by atoms with Crippen LogP contribution in [0.1, 0.15) is 51.7 Å². The number of hydrogen-bond donors (Lipinski definition) is 0. The number of amides is 1. The minimum atomic E-state index is -4.51. The molecule has 1 aliphatic rings. The summed E-state index contributed by atoms with van der Waals surface area (Å²) in [4.78, 5) is 15.2. The van der Waals surface area contributed by atoms with E-state index in [2.05, 4.69) is 5.87 Å². The molecule has 1 aliphatic heterocycles. The van der Waals surface area contributed by atoms with Crippen molar-refractivity contribution in [3.8, 4) is 0 Å². The van der Waals surface area contributed by atoms with Gasteiger partial charge in [-0.1, -0.05) is 36.4 Å². The monoisotopic (exact) mass is 479 g/mol. The van der Waals surface area contributed by atoms with Crippen molar-refractivity contribution in [2.45, 2.75) is 61.8 Å². The van der Waals surface area contributed by atoms with Crippen molar-refractivity contribution in [2.24, 2.45) is 5.92 Å². The molecule has 1 saturated heterocycles. The number of carbonyl (C=O) groups is 1. The van der Waals surface area contributed by atoms with Crippen molar-refractivity contribution in [1.29, 1.82) is 0 Å². The summed E-state index contributed by atoms with van der Waals surface area (Å²) in [6.45, 7) is 8.49. The molecule has 0 saturated carbocycles. The average Bonchev–Trinajstić information content (AvgIpc) is 2.78. The van der Waals surface area contributed by atoms with Crippen LogP contribution in [-0.2, 0) is 25.9 Å². The highest BCUT2D eigenvalue weighted by Gasteiger charge is 2.43. The van der Waals surface area contributed by atoms with E-state index in [0.717, 1.165) is 17.7 Å². The van der Waals surface area contributed by atoms with Crippen molar-refractivity contribution in [2.75, 3.05) is 13.1 Å². The van der Waals surface area contributed by atoms with E-state index < -0.39 is 31.4 Å². The van der Waals surface area contributed by atoms with Crippen molar-refractivity contribution < 1.29 is 22.2 Å². The molecule has 3 rings (SSSR count). The van der Waals surface area contributed by atoms with Crippen LogP contribution in [0.5, 0.6) is 0 Å². The zero-order valence-corrected chi connectivity index (χ0v) is 20.4. The second-order valence-corrected chi connectivity index (χ2v) is 12.7. The first-order chi connectivity index (χ1) is 15.2. The third-order valence-corrected chi connectivity index (χ3v) is 10.2. The second kappa shape index (κ2) is 8.82. The number of benzene rings is 2. The molecule has 1 unspecified atom stereocenters. The molecule has 3 nitrogen and oxygen atoms in total. The molecular weight excluding hydrogens is 447 g/mol. The zero-order chi connectivity index (χ0) is 24.7. The van der Waals surface area contributed by atoms with Gasteiger partial charge >= 0.3 is 6.18 Å². The summed E-state index contributed by atoms with van der Waals surface area (Å²) < 4.78 is 52.5. The summed E-state index contributed by atoms with van der Waals surface area (Å²) in [5.41, 5.74) is -0.542. The van der Waals surface area contributed by atoms with Crippen LogP contribution < -0.4 is 0 Å². The van der Waals surface area contributed by atoms with Gasteiger partial charge in [0.05, 0.1) is 11.0 Å². The average molecular weight is 480 g/mol. The van der Waals surface area contributed by atoms with E-state index in [9.17, 15) is 22.2 Å². The Hall–Kier alpha value is -2.28. The number of nitrogens with zero attached hydrogens (tertiary/aromatic N) is 1. The van der Waals surface area contributed by atoms with Gasteiger partial charge in [0.15, 0.2) is 0 Å². The first kappa shape index (κ1) is 25.3. The number of carbonyl (C=O) groups excluding carboxylic acids is 1. The lowest BCUT2D eigenvalue weighted by Gasteiger charge is -2.44. The van der Waals surface area contributed by atoms with Gasteiger partial charge in [-0.3, -0.25) is 9.00 Å². The van der Waals surface area contributed by atoms with Crippen LogP contribution in [-0.4, -0.2) is 38.7 Å². The van der Waals surface area contributed by atoms with Gasteiger partial charge in [-0.05, 0) is 76.1 Å². The molecule has 0 aromatic heterocycles. The molecule has 0 N–H and O–H groups in total. The van der Waals surface area contributed by atoms with E-state index in [4.69, 9.17) is 0 Å². The van der Waals surface area contributed by atoms with Gasteiger partial charge in [-0.25, -0.2) is 0 Å². The van der Waals surface area contributed by atoms with E-state index in [0.29, 0.717) is 25.9 Å². The van der Waals surface area contributed by atoms with Crippen LogP contribution in [0.25, 0.3) is 0 Å². The minimum Gasteiger partial charge on any atom is -0.342 e. The summed E-state index contributed by atoms with van der Waals surface area (Å²) in [5.74, 6) is 3.92. The van der Waals surface area contributed by atoms with Gasteiger partial charge in [0.1, 0.15) is 0 Å². The molecule has 0 aliphatic carbocycles. The van der Waals surface area contributed by atoms with Crippen LogP contribution in [0.15, 0.2) is 59.5 Å². The van der Waals surface area contributed by atoms with Crippen molar-refractivity contribution >= 4 is 21.3 Å². The molecule has 2 aromatic rings. The fourth-order valence-corrected chi connectivity index (χ4v) is 6.60. The third kappa shape index (κ3) is 4.84. The molecule has 1 heterocycles. The van der Waals surface area contributed by atoms with Crippen molar-refractivity contribution in [1.82, 2.24) is 4.90 Å². The predicted molar refractivity (Wildman–Crippen MR) is 128 cm³/mol. The molecule has 1 fully saturated rings. The Kier molecular flexibility index (Phi) is 6.77. The minimum absolute atomic E-state index is 0.0400. The highest BCUT2D eigenvalue weighted by molar-refractivity contribution is 8.01. The smallest absolute Gasteiger partial charge is 0.342 e. The van der Waals surface area contributed by atoms with Crippen LogP contribution in [0.2, 0.25) is 0 Å². The molecule has 0 bridgehead atoms. The predicted octanol–water partition coefficient (Wildman–Crippen LogP) is 5.78. The molecular formula is C26H32F3NO2S. The highest BCUT2D eigenvalue weighted by Crippen LogP contribution is 2.40. The maximum atomic E-state index is 13.8. The van der Waals surface area contributed by atoms with E-state index in [1.807, 2.05) is 62.9 Å². The summed E-state index contributed by atoms with van der Waals surface area (Å²) >= 11 is 0. The first-order valence-electron chi connectivity index (χ1n) is 11.1. The van der Waals surface area contributed by atoms with Crippen LogP contribution >= 0.6 is 0 Å². The molecule has 0 spiro atoms. The summed E-state index contributed by atoms with van der Waals surface area (Å²) in [6, 6.07) is 14.3. The Labute approximate surface area is 195 Å². The van der Waals surface area contributed by atoms with Crippen LogP contribution in [0.4, 0.5) is 13.2 Å². The van der Waals surface area contributed by atoms with Gasteiger partial charge in [0.25, 0.3) is 0 Å². The van der Waals surface area contributed by atoms with Crippen molar-refractivity contribution in [3.63, 3.8) is 0 Å². The Morgan fingerprint density at radius 1 is 0.939 bits per heavy atom. The van der Waals surface area contributed by atoms with E-state index in [1.165, 1.54) is 12.1 Å². The summed E-state index contributed by atoms with van der Waals surface area (Å²) in [5, 5.41) is 0. The molecule has 1 amide bonds. The number of likely N-dealkylation sites (tertiary alicyclic amines) is 1. The normalized spacial score (nSPS) is 18.1. The summed E-state index contributed by atoms with van der Waals surface area (Å²) in [6.07, 6.45) is -3.27. The van der Waals surface area contributed by atoms with E-state index >= 15 is 0 Å². The standard InChI is InChI=1S/C26H32F3NO2S/c1-24(2,19-10-7-6-8-11-19)23(31)30-16-14-20(15-17-30)25(3,4)33(5,32)22-13-9-12-21(18-22)26(27,28)29/h6-13,18,20H,5,14-17H2,1-4H3. The molecule has 0 radical (unpaired) electrons. The van der Waals surface area contributed by atoms with E-state index in [1.54, 1.807) is 0 Å². The number of rotatable bonds is 5. The lowest BCUT2D eigenvalue weighted by molar-refractivity contribution is -0.138. The highest BCUT2D eigenvalue weighted by atomic mass is 32.2. The molecule has 33 heavy (non-hydrogen) atoms. The van der Waals surface area contributed by atoms with Crippen LogP contribution in [0, 0.1) is 5.92 Å². The van der Waals surface area contributed by atoms with Gasteiger partial charge in [0.2, 0.25) is 5.91 Å². The Morgan fingerprint density at radius 3 is 2.03 bits per heavy atom. The molecule has 1 atom stereocenters. The Balaban J connectivity index is 1.76. The lowest BCUT2D eigenvalue weighted by atomic mass is 9.81. The molecule has 7 heteroatoms. The second-order valence-electron chi connectivity index (χ2n) is 9.86. The molecule has 180 valence electrons. The number of halogens is 3. The van der Waals surface area contributed by atoms with Crippen LogP contribution in [0.3, 0.4) is 0 Å². The zero-order valence-electron chi connectivity index (χ0n) is 19.6. The van der Waals surface area contributed by atoms with Crippen molar-refractivity contribution in [3.05, 3.63) is 65.7 Å². The van der Waals surface area contributed by atoms with Gasteiger partial charge in [-0.2, -0.15) is 13.2 Å². The number of alkyl halides is 3. The van der Waals surface area contributed by atoms with Gasteiger partial charge < -0.3 is 4.90 Å². The Morgan fingerprint density at radius 2 is 1.48 bits per heavy atom. The largest absolute Gasteiger partial charge is 0.416 e. The quantitative estimate of drug-likeness (QED) is 0.510. The van der Waals surface area contributed by atoms with E-state index in [-0.39, 0.29) is 16.7 Å². The topological polar surface area (TPSA) is 37.4 Å². The van der Waals surface area contributed by atoms with Gasteiger partial charge in [-0.15, -0.1) is 0 Å². The lowest BCUT2D eigenvalue weighted by Crippen LogP contribution is -2.51. The first-order valence-corrected chi connectivity index (χ1v) is 12.8. The maximum absolute atomic E-state index is 13.8. The number of hydrogen-bond acceptors (Lipinski definition) is 2. The number of piperidine rings is 1. The van der Waals surface area contributed by atoms with Gasteiger partial charge in [0, 0.05) is 32.3 Å². The fourth-order valence-electron chi connectivity index (χ4n) is 4.60. The summed E-state index contributed by atoms with van der Waals surface area (Å²) in [7, 11) is -3.03. The molecule has 2 aromatic carbocycles. The third-order valence-electron chi connectivity index (χ3n) is 7.19. The maximum Gasteiger partial charge on any atom is 0.416 e. The fraction of sp³-hybridized carbons (Fsp3) is 0.462. The Bertz CT molecular complexity index is 1100. The SMILES string of the molecule is C=S(=O)(c1cccc(C(F)(F)F)c1)C(C)(C)C1CCN(C(=O)C(C)(C)c2ccccc2)CC1.